The average molecular weight is 252 g/mol. The first-order chi connectivity index (χ1) is 7.70. The van der Waals surface area contributed by atoms with Gasteiger partial charge in [0.15, 0.2) is 0 Å². The fraction of sp³-hybridized carbons (Fsp3) is 0.154. The topological polar surface area (TPSA) is 12.9 Å². The summed E-state index contributed by atoms with van der Waals surface area (Å²) in [4.78, 5) is 4.52. The van der Waals surface area contributed by atoms with Crippen LogP contribution < -0.4 is 0 Å². The average Bonchev–Trinajstić information content (AvgIpc) is 2.30. The van der Waals surface area contributed by atoms with E-state index in [1.807, 2.05) is 43.3 Å². The van der Waals surface area contributed by atoms with Gasteiger partial charge in [-0.2, -0.15) is 0 Å². The van der Waals surface area contributed by atoms with Crippen molar-refractivity contribution in [3.63, 3.8) is 0 Å². The third-order valence-electron chi connectivity index (χ3n) is 2.48. The molecule has 0 saturated heterocycles. The molecule has 0 radical (unpaired) electrons. The quantitative estimate of drug-likeness (QED) is 0.719. The fourth-order valence-electron chi connectivity index (χ4n) is 1.51. The molecule has 16 heavy (non-hydrogen) atoms. The minimum absolute atomic E-state index is 0.500. The minimum atomic E-state index is 0.500. The Balaban J connectivity index is 2.41. The predicted molar refractivity (Wildman–Crippen MR) is 69.0 cm³/mol. The normalized spacial score (nSPS) is 10.4. The second kappa shape index (κ2) is 4.86. The molecule has 2 aromatic rings. The number of rotatable bonds is 2. The molecule has 0 bridgehead atoms. The van der Waals surface area contributed by atoms with Crippen LogP contribution in [-0.2, 0) is 5.88 Å². The van der Waals surface area contributed by atoms with Crippen LogP contribution in [0.15, 0.2) is 36.4 Å². The zero-order valence-electron chi connectivity index (χ0n) is 8.87. The van der Waals surface area contributed by atoms with E-state index in [1.54, 1.807) is 0 Å². The van der Waals surface area contributed by atoms with E-state index in [4.69, 9.17) is 23.2 Å². The lowest BCUT2D eigenvalue weighted by Gasteiger charge is -2.05. The van der Waals surface area contributed by atoms with Gasteiger partial charge in [-0.15, -0.1) is 11.6 Å². The molecule has 1 aromatic heterocycles. The summed E-state index contributed by atoms with van der Waals surface area (Å²) in [5, 5.41) is 0.734. The molecule has 0 saturated carbocycles. The van der Waals surface area contributed by atoms with Crippen molar-refractivity contribution < 1.29 is 0 Å². The highest BCUT2D eigenvalue weighted by Crippen LogP contribution is 2.21. The van der Waals surface area contributed by atoms with E-state index >= 15 is 0 Å². The Hall–Kier alpha value is -1.05. The molecule has 0 spiro atoms. The van der Waals surface area contributed by atoms with Crippen molar-refractivity contribution in [1.82, 2.24) is 4.98 Å². The van der Waals surface area contributed by atoms with E-state index in [-0.39, 0.29) is 0 Å². The van der Waals surface area contributed by atoms with Crippen molar-refractivity contribution in [3.05, 3.63) is 52.7 Å². The van der Waals surface area contributed by atoms with Crippen LogP contribution in [0.25, 0.3) is 11.3 Å². The number of aromatic nitrogens is 1. The molecule has 0 atom stereocenters. The first kappa shape index (κ1) is 11.4. The van der Waals surface area contributed by atoms with Gasteiger partial charge < -0.3 is 0 Å². The Bertz CT molecular complexity index is 492. The van der Waals surface area contributed by atoms with Gasteiger partial charge in [-0.3, -0.25) is 4.98 Å². The molecule has 0 aliphatic rings. The van der Waals surface area contributed by atoms with Crippen molar-refractivity contribution in [2.24, 2.45) is 0 Å². The molecule has 1 heterocycles. The molecule has 3 heteroatoms. The Morgan fingerprint density at radius 3 is 2.31 bits per heavy atom. The molecule has 0 fully saturated rings. The van der Waals surface area contributed by atoms with Gasteiger partial charge in [0.2, 0.25) is 0 Å². The number of halogens is 2. The fourth-order valence-corrected chi connectivity index (χ4v) is 1.92. The summed E-state index contributed by atoms with van der Waals surface area (Å²) in [5.41, 5.74) is 4.05. The predicted octanol–water partition coefficient (Wildman–Crippen LogP) is 4.45. The number of nitrogens with zero attached hydrogens (tertiary/aromatic N) is 1. The summed E-state index contributed by atoms with van der Waals surface area (Å²) in [6.45, 7) is 1.97. The summed E-state index contributed by atoms with van der Waals surface area (Å²) in [7, 11) is 0. The van der Waals surface area contributed by atoms with Crippen LogP contribution in [0.4, 0.5) is 0 Å². The smallest absolute Gasteiger partial charge is 0.0705 e. The summed E-state index contributed by atoms with van der Waals surface area (Å²) in [5.74, 6) is 0.500. The van der Waals surface area contributed by atoms with Crippen LogP contribution in [0.2, 0.25) is 5.02 Å². The largest absolute Gasteiger partial charge is 0.253 e. The third kappa shape index (κ3) is 2.37. The summed E-state index contributed by atoms with van der Waals surface area (Å²) < 4.78 is 0. The van der Waals surface area contributed by atoms with E-state index in [0.29, 0.717) is 5.88 Å². The zero-order valence-corrected chi connectivity index (χ0v) is 10.4. The van der Waals surface area contributed by atoms with Crippen LogP contribution in [0.3, 0.4) is 0 Å². The molecule has 82 valence electrons. The SMILES string of the molecule is Cc1nc(-c2ccc(Cl)cc2)ccc1CCl. The van der Waals surface area contributed by atoms with Gasteiger partial charge in [0.1, 0.15) is 0 Å². The molecule has 0 unspecified atom stereocenters. The number of hydrogen-bond acceptors (Lipinski definition) is 1. The third-order valence-corrected chi connectivity index (χ3v) is 3.02. The maximum absolute atomic E-state index is 5.84. The zero-order chi connectivity index (χ0) is 11.5. The highest BCUT2D eigenvalue weighted by Gasteiger charge is 2.03. The van der Waals surface area contributed by atoms with Gasteiger partial charge in [0.05, 0.1) is 5.69 Å². The minimum Gasteiger partial charge on any atom is -0.253 e. The molecular formula is C13H11Cl2N. The van der Waals surface area contributed by atoms with Crippen molar-refractivity contribution >= 4 is 23.2 Å². The van der Waals surface area contributed by atoms with Gasteiger partial charge in [0.25, 0.3) is 0 Å². The van der Waals surface area contributed by atoms with Gasteiger partial charge in [-0.1, -0.05) is 29.8 Å². The highest BCUT2D eigenvalue weighted by molar-refractivity contribution is 6.30. The Morgan fingerprint density at radius 1 is 1.06 bits per heavy atom. The lowest BCUT2D eigenvalue weighted by molar-refractivity contribution is 1.14. The number of pyridine rings is 1. The molecular weight excluding hydrogens is 241 g/mol. The molecule has 0 aliphatic heterocycles. The van der Waals surface area contributed by atoms with E-state index < -0.39 is 0 Å². The number of hydrogen-bond donors (Lipinski definition) is 0. The number of alkyl halides is 1. The van der Waals surface area contributed by atoms with E-state index in [1.165, 1.54) is 0 Å². The summed E-state index contributed by atoms with van der Waals surface area (Å²) in [6, 6.07) is 11.6. The Morgan fingerprint density at radius 2 is 1.75 bits per heavy atom. The maximum Gasteiger partial charge on any atom is 0.0705 e. The molecule has 2 rings (SSSR count). The number of benzene rings is 1. The van der Waals surface area contributed by atoms with Crippen LogP contribution in [0.5, 0.6) is 0 Å². The van der Waals surface area contributed by atoms with E-state index in [9.17, 15) is 0 Å². The van der Waals surface area contributed by atoms with Gasteiger partial charge >= 0.3 is 0 Å². The number of aryl methyl sites for hydroxylation is 1. The maximum atomic E-state index is 5.84. The van der Waals surface area contributed by atoms with Gasteiger partial charge in [-0.25, -0.2) is 0 Å². The molecule has 0 N–H and O–H groups in total. The Kier molecular flexibility index (Phi) is 3.47. The van der Waals surface area contributed by atoms with Crippen molar-refractivity contribution in [1.29, 1.82) is 0 Å². The monoisotopic (exact) mass is 251 g/mol. The molecule has 1 nitrogen and oxygen atoms in total. The van der Waals surface area contributed by atoms with Crippen LogP contribution in [0.1, 0.15) is 11.3 Å². The van der Waals surface area contributed by atoms with Crippen LogP contribution in [-0.4, -0.2) is 4.98 Å². The first-order valence-electron chi connectivity index (χ1n) is 4.99. The van der Waals surface area contributed by atoms with Crippen molar-refractivity contribution in [2.45, 2.75) is 12.8 Å². The standard InChI is InChI=1S/C13H11Cl2N/c1-9-11(8-14)4-7-13(16-9)10-2-5-12(15)6-3-10/h2-7H,8H2,1H3. The van der Waals surface area contributed by atoms with Crippen molar-refractivity contribution in [2.75, 3.05) is 0 Å². The van der Waals surface area contributed by atoms with Crippen molar-refractivity contribution in [3.8, 4) is 11.3 Å². The molecule has 1 aromatic carbocycles. The van der Waals surface area contributed by atoms with Gasteiger partial charge in [0, 0.05) is 22.2 Å². The summed E-state index contributed by atoms with van der Waals surface area (Å²) >= 11 is 11.6. The van der Waals surface area contributed by atoms with Crippen LogP contribution in [0, 0.1) is 6.92 Å². The van der Waals surface area contributed by atoms with E-state index in [2.05, 4.69) is 4.98 Å². The lowest BCUT2D eigenvalue weighted by atomic mass is 10.1. The van der Waals surface area contributed by atoms with Crippen LogP contribution >= 0.6 is 23.2 Å². The lowest BCUT2D eigenvalue weighted by Crippen LogP contribution is -1.92. The Labute approximate surface area is 105 Å². The first-order valence-corrected chi connectivity index (χ1v) is 5.90. The highest BCUT2D eigenvalue weighted by atomic mass is 35.5. The second-order valence-electron chi connectivity index (χ2n) is 3.58. The molecule has 0 aliphatic carbocycles. The second-order valence-corrected chi connectivity index (χ2v) is 4.29. The van der Waals surface area contributed by atoms with Gasteiger partial charge in [-0.05, 0) is 30.7 Å². The van der Waals surface area contributed by atoms with E-state index in [0.717, 1.165) is 27.5 Å². The summed E-state index contributed by atoms with van der Waals surface area (Å²) in [6.07, 6.45) is 0. The molecule has 0 amide bonds.